The fourth-order valence-electron chi connectivity index (χ4n) is 1.08. The van der Waals surface area contributed by atoms with Gasteiger partial charge in [-0.25, -0.2) is 5.84 Å². The minimum Gasteiger partial charge on any atom is -0.374 e. The lowest BCUT2D eigenvalue weighted by Gasteiger charge is -1.92. The van der Waals surface area contributed by atoms with Crippen LogP contribution in [0.15, 0.2) is 0 Å². The zero-order chi connectivity index (χ0) is 6.69. The van der Waals surface area contributed by atoms with Crippen molar-refractivity contribution >= 4 is 5.71 Å². The van der Waals surface area contributed by atoms with Crippen molar-refractivity contribution in [2.24, 2.45) is 5.84 Å². The molecule has 1 heterocycles. The Morgan fingerprint density at radius 2 is 2.56 bits per heavy atom. The fraction of sp³-hybridized carbons (Fsp3) is 0.833. The first kappa shape index (κ1) is 6.55. The Labute approximate surface area is 55.1 Å². The standard InChI is InChI=1S/C6H13N2O/c1-9-5-6-3-2-4-8(6)7/h2-5,7H2,1H3/q+1. The summed E-state index contributed by atoms with van der Waals surface area (Å²) in [5.74, 6) is 5.58. The summed E-state index contributed by atoms with van der Waals surface area (Å²) in [6.45, 7) is 1.68. The van der Waals surface area contributed by atoms with E-state index < -0.39 is 0 Å². The number of nitrogens with zero attached hydrogens (tertiary/aromatic N) is 1. The molecule has 1 rings (SSSR count). The average Bonchev–Trinajstić information content (AvgIpc) is 2.18. The molecule has 0 aliphatic carbocycles. The molecule has 0 atom stereocenters. The molecule has 0 aromatic rings. The maximum absolute atomic E-state index is 5.58. The van der Waals surface area contributed by atoms with E-state index in [0.717, 1.165) is 13.0 Å². The van der Waals surface area contributed by atoms with Gasteiger partial charge in [0.25, 0.3) is 0 Å². The first-order valence-corrected chi connectivity index (χ1v) is 3.20. The van der Waals surface area contributed by atoms with Crippen LogP contribution in [0.25, 0.3) is 0 Å². The lowest BCUT2D eigenvalue weighted by atomic mass is 10.3. The normalized spacial score (nSPS) is 19.2. The van der Waals surface area contributed by atoms with Crippen LogP contribution in [-0.4, -0.2) is 30.7 Å². The predicted molar refractivity (Wildman–Crippen MR) is 35.4 cm³/mol. The minimum absolute atomic E-state index is 0.691. The highest BCUT2D eigenvalue weighted by molar-refractivity contribution is 5.81. The molecule has 1 aliphatic heterocycles. The third-order valence-corrected chi connectivity index (χ3v) is 1.58. The highest BCUT2D eigenvalue weighted by atomic mass is 16.5. The molecule has 0 saturated carbocycles. The van der Waals surface area contributed by atoms with Crippen LogP contribution in [0.1, 0.15) is 12.8 Å². The second kappa shape index (κ2) is 2.82. The van der Waals surface area contributed by atoms with Gasteiger partial charge in [0, 0.05) is 20.0 Å². The summed E-state index contributed by atoms with van der Waals surface area (Å²) in [5, 5.41) is 0. The van der Waals surface area contributed by atoms with Crippen LogP contribution in [0.2, 0.25) is 0 Å². The van der Waals surface area contributed by atoms with Gasteiger partial charge in [-0.3, -0.25) is 0 Å². The van der Waals surface area contributed by atoms with Crippen molar-refractivity contribution in [3.63, 3.8) is 0 Å². The van der Waals surface area contributed by atoms with Gasteiger partial charge in [0.2, 0.25) is 5.71 Å². The Morgan fingerprint density at radius 3 is 3.00 bits per heavy atom. The number of ether oxygens (including phenoxy) is 1. The second-order valence-electron chi connectivity index (χ2n) is 2.30. The Hall–Kier alpha value is -0.570. The van der Waals surface area contributed by atoms with Crippen molar-refractivity contribution in [1.82, 2.24) is 0 Å². The van der Waals surface area contributed by atoms with Crippen molar-refractivity contribution < 1.29 is 9.42 Å². The largest absolute Gasteiger partial charge is 0.374 e. The van der Waals surface area contributed by atoms with Crippen LogP contribution in [0.4, 0.5) is 0 Å². The third kappa shape index (κ3) is 1.42. The molecular formula is C6H13N2O+. The van der Waals surface area contributed by atoms with E-state index in [1.165, 1.54) is 12.1 Å². The van der Waals surface area contributed by atoms with Gasteiger partial charge in [0.05, 0.1) is 0 Å². The molecular weight excluding hydrogens is 116 g/mol. The predicted octanol–water partition coefficient (Wildman–Crippen LogP) is -0.246. The van der Waals surface area contributed by atoms with Gasteiger partial charge < -0.3 is 4.74 Å². The van der Waals surface area contributed by atoms with Gasteiger partial charge in [0.1, 0.15) is 6.61 Å². The van der Waals surface area contributed by atoms with E-state index in [-0.39, 0.29) is 0 Å². The summed E-state index contributed by atoms with van der Waals surface area (Å²) < 4.78 is 6.72. The molecule has 1 aliphatic rings. The highest BCUT2D eigenvalue weighted by Crippen LogP contribution is 2.00. The van der Waals surface area contributed by atoms with Crippen LogP contribution in [0.3, 0.4) is 0 Å². The van der Waals surface area contributed by atoms with Crippen molar-refractivity contribution in [2.45, 2.75) is 12.8 Å². The summed E-state index contributed by atoms with van der Waals surface area (Å²) in [6.07, 6.45) is 2.28. The summed E-state index contributed by atoms with van der Waals surface area (Å²) in [4.78, 5) is 0. The van der Waals surface area contributed by atoms with Gasteiger partial charge in [-0.2, -0.15) is 0 Å². The molecule has 0 bridgehead atoms. The van der Waals surface area contributed by atoms with Crippen molar-refractivity contribution in [3.05, 3.63) is 0 Å². The molecule has 0 amide bonds. The van der Waals surface area contributed by atoms with Gasteiger partial charge in [0.15, 0.2) is 6.54 Å². The molecule has 0 radical (unpaired) electrons. The number of rotatable bonds is 2. The zero-order valence-electron chi connectivity index (χ0n) is 5.76. The van der Waals surface area contributed by atoms with Crippen LogP contribution in [-0.2, 0) is 4.74 Å². The number of nitrogens with two attached hydrogens (primary N) is 1. The SMILES string of the molecule is COCC1=[N+](N)CCC1. The molecule has 3 nitrogen and oxygen atoms in total. The monoisotopic (exact) mass is 129 g/mol. The molecule has 9 heavy (non-hydrogen) atoms. The van der Waals surface area contributed by atoms with E-state index in [2.05, 4.69) is 0 Å². The zero-order valence-corrected chi connectivity index (χ0v) is 5.76. The topological polar surface area (TPSA) is 38.3 Å². The molecule has 0 aromatic heterocycles. The molecule has 2 N–H and O–H groups in total. The van der Waals surface area contributed by atoms with Crippen molar-refractivity contribution in [1.29, 1.82) is 0 Å². The third-order valence-electron chi connectivity index (χ3n) is 1.58. The molecule has 0 unspecified atom stereocenters. The number of hydrogen-bond donors (Lipinski definition) is 1. The van der Waals surface area contributed by atoms with E-state index in [0.29, 0.717) is 6.61 Å². The molecule has 52 valence electrons. The summed E-state index contributed by atoms with van der Waals surface area (Å²) >= 11 is 0. The minimum atomic E-state index is 0.691. The Kier molecular flexibility index (Phi) is 2.05. The lowest BCUT2D eigenvalue weighted by Crippen LogP contribution is -2.24. The van der Waals surface area contributed by atoms with E-state index in [1.54, 1.807) is 11.8 Å². The van der Waals surface area contributed by atoms with Crippen LogP contribution in [0, 0.1) is 0 Å². The fourth-order valence-corrected chi connectivity index (χ4v) is 1.08. The summed E-state index contributed by atoms with van der Waals surface area (Å²) in [7, 11) is 1.69. The van der Waals surface area contributed by atoms with Gasteiger partial charge in [-0.1, -0.05) is 0 Å². The van der Waals surface area contributed by atoms with Crippen LogP contribution < -0.4 is 5.84 Å². The Balaban J connectivity index is 2.45. The van der Waals surface area contributed by atoms with Gasteiger partial charge >= 0.3 is 0 Å². The maximum Gasteiger partial charge on any atom is 0.207 e. The first-order chi connectivity index (χ1) is 4.34. The number of hydrazone groups is 1. The molecule has 3 heteroatoms. The van der Waals surface area contributed by atoms with Crippen molar-refractivity contribution in [3.8, 4) is 0 Å². The van der Waals surface area contributed by atoms with E-state index in [4.69, 9.17) is 10.6 Å². The van der Waals surface area contributed by atoms with Gasteiger partial charge in [-0.05, 0) is 0 Å². The van der Waals surface area contributed by atoms with Crippen LogP contribution in [0.5, 0.6) is 0 Å². The summed E-state index contributed by atoms with van der Waals surface area (Å²) in [5.41, 5.74) is 1.22. The van der Waals surface area contributed by atoms with Gasteiger partial charge in [-0.15, -0.1) is 4.68 Å². The number of hydrogen-bond acceptors (Lipinski definition) is 2. The lowest BCUT2D eigenvalue weighted by molar-refractivity contribution is -0.533. The van der Waals surface area contributed by atoms with E-state index >= 15 is 0 Å². The Bertz CT molecular complexity index is 131. The smallest absolute Gasteiger partial charge is 0.207 e. The maximum atomic E-state index is 5.58. The number of hydrazine groups is 1. The number of methoxy groups -OCH3 is 1. The van der Waals surface area contributed by atoms with E-state index in [1.807, 2.05) is 0 Å². The van der Waals surface area contributed by atoms with Crippen molar-refractivity contribution in [2.75, 3.05) is 20.3 Å². The Morgan fingerprint density at radius 1 is 1.78 bits per heavy atom. The molecule has 0 fully saturated rings. The quantitative estimate of drug-likeness (QED) is 0.412. The molecule has 0 spiro atoms. The van der Waals surface area contributed by atoms with E-state index in [9.17, 15) is 0 Å². The highest BCUT2D eigenvalue weighted by Gasteiger charge is 2.18. The molecule has 0 saturated heterocycles. The molecule has 0 aromatic carbocycles. The van der Waals surface area contributed by atoms with Crippen LogP contribution >= 0.6 is 0 Å². The second-order valence-corrected chi connectivity index (χ2v) is 2.30. The average molecular weight is 129 g/mol. The first-order valence-electron chi connectivity index (χ1n) is 3.20. The summed E-state index contributed by atoms with van der Waals surface area (Å²) in [6, 6.07) is 0.